The van der Waals surface area contributed by atoms with Crippen LogP contribution in [0.3, 0.4) is 0 Å². The molecule has 3 aliphatic carbocycles. The number of fused-ring (bicyclic) bond motifs is 1. The van der Waals surface area contributed by atoms with Crippen molar-refractivity contribution in [2.75, 3.05) is 0 Å². The quantitative estimate of drug-likeness (QED) is 0.309. The maximum atomic E-state index is 13.2. The summed E-state index contributed by atoms with van der Waals surface area (Å²) >= 11 is 0. The Kier molecular flexibility index (Phi) is 12.2. The number of hydrogen-bond acceptors (Lipinski definition) is 2. The van der Waals surface area contributed by atoms with E-state index in [2.05, 4.69) is 0 Å². The van der Waals surface area contributed by atoms with Crippen molar-refractivity contribution >= 4 is 5.97 Å². The zero-order chi connectivity index (χ0) is 25.0. The van der Waals surface area contributed by atoms with Gasteiger partial charge in [-0.3, -0.25) is 0 Å². The van der Waals surface area contributed by atoms with E-state index in [0.717, 1.165) is 37.7 Å². The molecule has 3 saturated carbocycles. The molecule has 0 bridgehead atoms. The van der Waals surface area contributed by atoms with Crippen LogP contribution in [0.15, 0.2) is 11.1 Å². The van der Waals surface area contributed by atoms with E-state index in [0.29, 0.717) is 24.0 Å². The Morgan fingerprint density at radius 1 is 0.444 bits per heavy atom. The van der Waals surface area contributed by atoms with Crippen LogP contribution < -0.4 is 0 Å². The number of carbonyl (C=O) groups is 1. The van der Waals surface area contributed by atoms with Gasteiger partial charge in [-0.2, -0.15) is 0 Å². The topological polar surface area (TPSA) is 49.8 Å². The molecule has 3 atom stereocenters. The number of carboxylic acids is 1. The number of rotatable bonds is 4. The third-order valence-corrected chi connectivity index (χ3v) is 10.1. The van der Waals surface area contributed by atoms with Crippen LogP contribution in [-0.4, -0.2) is 23.3 Å². The van der Waals surface area contributed by atoms with Gasteiger partial charge in [-0.25, -0.2) is 4.79 Å². The van der Waals surface area contributed by atoms with Crippen molar-refractivity contribution in [1.82, 2.24) is 0 Å². The van der Waals surface area contributed by atoms with Gasteiger partial charge in [0.2, 0.25) is 0 Å². The van der Waals surface area contributed by atoms with Crippen molar-refractivity contribution in [1.29, 1.82) is 0 Å². The third kappa shape index (κ3) is 8.88. The van der Waals surface area contributed by atoms with E-state index in [1.165, 1.54) is 134 Å². The fraction of sp³-hybridized carbons (Fsp3) is 0.909. The molecule has 3 nitrogen and oxygen atoms in total. The van der Waals surface area contributed by atoms with E-state index < -0.39 is 5.97 Å². The van der Waals surface area contributed by atoms with Crippen molar-refractivity contribution in [3.63, 3.8) is 0 Å². The lowest BCUT2D eigenvalue weighted by Crippen LogP contribution is -2.25. The molecule has 0 amide bonds. The summed E-state index contributed by atoms with van der Waals surface area (Å²) in [5.41, 5.74) is 2.37. The van der Waals surface area contributed by atoms with Gasteiger partial charge in [0, 0.05) is 5.57 Å². The van der Waals surface area contributed by atoms with Gasteiger partial charge in [-0.15, -0.1) is 0 Å². The van der Waals surface area contributed by atoms with Crippen molar-refractivity contribution in [2.45, 2.75) is 173 Å². The fourth-order valence-electron chi connectivity index (χ4n) is 7.97. The van der Waals surface area contributed by atoms with Gasteiger partial charge in [0.25, 0.3) is 0 Å². The van der Waals surface area contributed by atoms with Gasteiger partial charge in [0.1, 0.15) is 0 Å². The van der Waals surface area contributed by atoms with Gasteiger partial charge < -0.3 is 9.84 Å². The molecule has 1 saturated heterocycles. The molecule has 1 N–H and O–H groups in total. The summed E-state index contributed by atoms with van der Waals surface area (Å²) in [5, 5.41) is 10.9. The molecule has 3 unspecified atom stereocenters. The standard InChI is InChI=1S/C33H56O3/c34-33(35)32(28-22-15-16-24-29-30(36-29)25-17-23-28)31(26-18-11-7-3-1-4-8-12-19-26)27-20-13-9-5-2-6-10-14-21-27/h26-30H,1-25H2,(H,34,35). The Labute approximate surface area is 222 Å². The maximum Gasteiger partial charge on any atom is 0.331 e. The molecule has 1 aliphatic heterocycles. The smallest absolute Gasteiger partial charge is 0.331 e. The van der Waals surface area contributed by atoms with Crippen molar-refractivity contribution in [3.05, 3.63) is 11.1 Å². The zero-order valence-electron chi connectivity index (χ0n) is 23.3. The molecule has 0 aromatic carbocycles. The molecule has 1 heterocycles. The van der Waals surface area contributed by atoms with E-state index in [-0.39, 0.29) is 5.92 Å². The number of carboxylic acid groups (broad SMARTS) is 1. The molecule has 4 fully saturated rings. The van der Waals surface area contributed by atoms with Crippen LogP contribution >= 0.6 is 0 Å². The largest absolute Gasteiger partial charge is 0.478 e. The predicted octanol–water partition coefficient (Wildman–Crippen LogP) is 9.78. The first-order valence-electron chi connectivity index (χ1n) is 16.4. The highest BCUT2D eigenvalue weighted by atomic mass is 16.6. The molecule has 0 aromatic heterocycles. The Balaban J connectivity index is 1.64. The number of epoxide rings is 1. The summed E-state index contributed by atoms with van der Waals surface area (Å²) in [6, 6.07) is 0. The second-order valence-electron chi connectivity index (χ2n) is 12.8. The summed E-state index contributed by atoms with van der Waals surface area (Å²) in [6.07, 6.45) is 32.6. The molecular weight excluding hydrogens is 444 g/mol. The summed E-state index contributed by atoms with van der Waals surface area (Å²) in [6.45, 7) is 0. The van der Waals surface area contributed by atoms with Gasteiger partial charge in [-0.1, -0.05) is 115 Å². The Morgan fingerprint density at radius 2 is 0.778 bits per heavy atom. The molecule has 206 valence electrons. The van der Waals surface area contributed by atoms with E-state index in [1.807, 2.05) is 0 Å². The highest BCUT2D eigenvalue weighted by molar-refractivity contribution is 5.88. The fourth-order valence-corrected chi connectivity index (χ4v) is 7.97. The van der Waals surface area contributed by atoms with Crippen LogP contribution in [0.4, 0.5) is 0 Å². The van der Waals surface area contributed by atoms with Crippen molar-refractivity contribution < 1.29 is 14.6 Å². The monoisotopic (exact) mass is 500 g/mol. The summed E-state index contributed by atoms with van der Waals surface area (Å²) in [5.74, 6) is 0.697. The average Bonchev–Trinajstić information content (AvgIpc) is 3.64. The maximum absolute atomic E-state index is 13.2. The number of allylic oxidation sites excluding steroid dienone is 1. The highest BCUT2D eigenvalue weighted by Crippen LogP contribution is 2.43. The second-order valence-corrected chi connectivity index (χ2v) is 12.8. The van der Waals surface area contributed by atoms with E-state index in [9.17, 15) is 9.90 Å². The highest BCUT2D eigenvalue weighted by Gasteiger charge is 2.39. The van der Waals surface area contributed by atoms with Crippen LogP contribution in [0.1, 0.15) is 161 Å². The van der Waals surface area contributed by atoms with Crippen LogP contribution in [0.25, 0.3) is 0 Å². The normalized spacial score (nSPS) is 30.9. The SMILES string of the molecule is O=C(O)C(=C(C1CCCCCCCCC1)C1CCCCCCCCC1)C1CCCCC2OC2CCC1. The first kappa shape index (κ1) is 28.2. The minimum absolute atomic E-state index is 0.249. The molecule has 4 aliphatic rings. The molecule has 4 rings (SSSR count). The van der Waals surface area contributed by atoms with Crippen LogP contribution in [0.5, 0.6) is 0 Å². The van der Waals surface area contributed by atoms with E-state index >= 15 is 0 Å². The van der Waals surface area contributed by atoms with Crippen LogP contribution in [-0.2, 0) is 9.53 Å². The number of aliphatic carboxylic acids is 1. The third-order valence-electron chi connectivity index (χ3n) is 10.1. The van der Waals surface area contributed by atoms with Crippen LogP contribution in [0, 0.1) is 17.8 Å². The number of hydrogen-bond donors (Lipinski definition) is 1. The molecule has 0 radical (unpaired) electrons. The molecule has 36 heavy (non-hydrogen) atoms. The van der Waals surface area contributed by atoms with Crippen LogP contribution in [0.2, 0.25) is 0 Å². The minimum atomic E-state index is -0.568. The predicted molar refractivity (Wildman–Crippen MR) is 149 cm³/mol. The number of ether oxygens (including phenoxy) is 1. The van der Waals surface area contributed by atoms with Gasteiger partial charge in [0.15, 0.2) is 0 Å². The summed E-state index contributed by atoms with van der Waals surface area (Å²) < 4.78 is 5.90. The lowest BCUT2D eigenvalue weighted by Gasteiger charge is -2.34. The molecule has 3 heteroatoms. The van der Waals surface area contributed by atoms with Crippen molar-refractivity contribution in [3.8, 4) is 0 Å². The Morgan fingerprint density at radius 3 is 1.25 bits per heavy atom. The second kappa shape index (κ2) is 15.6. The van der Waals surface area contributed by atoms with Gasteiger partial charge >= 0.3 is 5.97 Å². The van der Waals surface area contributed by atoms with Gasteiger partial charge in [-0.05, 0) is 69.1 Å². The van der Waals surface area contributed by atoms with Gasteiger partial charge in [0.05, 0.1) is 12.2 Å². The summed E-state index contributed by atoms with van der Waals surface area (Å²) in [4.78, 5) is 13.2. The Hall–Kier alpha value is -0.830. The van der Waals surface area contributed by atoms with Crippen molar-refractivity contribution in [2.24, 2.45) is 17.8 Å². The molecule has 0 spiro atoms. The Bertz CT molecular complexity index is 634. The lowest BCUT2D eigenvalue weighted by molar-refractivity contribution is -0.133. The van der Waals surface area contributed by atoms with E-state index in [4.69, 9.17) is 4.74 Å². The minimum Gasteiger partial charge on any atom is -0.478 e. The first-order chi connectivity index (χ1) is 17.7. The molecule has 0 aromatic rings. The zero-order valence-corrected chi connectivity index (χ0v) is 23.3. The first-order valence-corrected chi connectivity index (χ1v) is 16.4. The molecular formula is C33H56O3. The van der Waals surface area contributed by atoms with E-state index in [1.54, 1.807) is 0 Å². The summed E-state index contributed by atoms with van der Waals surface area (Å²) in [7, 11) is 0. The lowest BCUT2D eigenvalue weighted by atomic mass is 9.71. The average molecular weight is 501 g/mol.